The molecule has 5 nitrogen and oxygen atoms in total. The zero-order valence-electron chi connectivity index (χ0n) is 13.7. The Morgan fingerprint density at radius 1 is 1.16 bits per heavy atom. The first-order valence-electron chi connectivity index (χ1n) is 7.85. The molecule has 0 amide bonds. The minimum Gasteiger partial charge on any atom is -0.358 e. The quantitative estimate of drug-likeness (QED) is 0.692. The van der Waals surface area contributed by atoms with Gasteiger partial charge in [0.05, 0.1) is 6.04 Å². The third-order valence-corrected chi connectivity index (χ3v) is 5.74. The molecule has 25 heavy (non-hydrogen) atoms. The van der Waals surface area contributed by atoms with Crippen LogP contribution in [0.5, 0.6) is 0 Å². The van der Waals surface area contributed by atoms with Crippen molar-refractivity contribution in [2.24, 2.45) is 5.14 Å². The molecule has 0 radical (unpaired) electrons. The van der Waals surface area contributed by atoms with Gasteiger partial charge in [0, 0.05) is 11.1 Å². The van der Waals surface area contributed by atoms with Crippen molar-refractivity contribution in [2.75, 3.05) is 5.32 Å². The molecule has 130 valence electrons. The minimum atomic E-state index is -3.74. The van der Waals surface area contributed by atoms with Crippen molar-refractivity contribution >= 4 is 27.2 Å². The number of aryl methyl sites for hydroxylation is 1. The molecular formula is C18H19N3O2S2. The van der Waals surface area contributed by atoms with E-state index in [0.29, 0.717) is 5.82 Å². The summed E-state index contributed by atoms with van der Waals surface area (Å²) >= 11 is 1.66. The molecular weight excluding hydrogens is 354 g/mol. The van der Waals surface area contributed by atoms with Crippen LogP contribution in [0.2, 0.25) is 0 Å². The molecule has 0 aliphatic rings. The van der Waals surface area contributed by atoms with Crippen LogP contribution in [0, 0.1) is 0 Å². The highest BCUT2D eigenvalue weighted by atomic mass is 32.2. The lowest BCUT2D eigenvalue weighted by Crippen LogP contribution is -2.14. The number of primary sulfonamides is 1. The smallest absolute Gasteiger partial charge is 0.239 e. The summed E-state index contributed by atoms with van der Waals surface area (Å²) in [5.74, 6) is 0.588. The van der Waals surface area contributed by atoms with E-state index in [0.717, 1.165) is 16.9 Å². The predicted molar refractivity (Wildman–Crippen MR) is 101 cm³/mol. The summed E-state index contributed by atoms with van der Waals surface area (Å²) in [5.41, 5.74) is 2.40. The van der Waals surface area contributed by atoms with E-state index in [1.165, 1.54) is 17.8 Å². The van der Waals surface area contributed by atoms with E-state index < -0.39 is 10.0 Å². The van der Waals surface area contributed by atoms with Gasteiger partial charge in [-0.05, 0) is 41.1 Å². The van der Waals surface area contributed by atoms with Gasteiger partial charge in [-0.1, -0.05) is 37.3 Å². The molecule has 1 atom stereocenters. The molecule has 0 aliphatic carbocycles. The van der Waals surface area contributed by atoms with Crippen LogP contribution in [0.15, 0.2) is 65.0 Å². The molecule has 2 heterocycles. The summed E-state index contributed by atoms with van der Waals surface area (Å²) in [6.45, 7) is 2.13. The van der Waals surface area contributed by atoms with Gasteiger partial charge in [-0.3, -0.25) is 0 Å². The van der Waals surface area contributed by atoms with Gasteiger partial charge in [-0.2, -0.15) is 0 Å². The molecule has 0 bridgehead atoms. The Bertz CT molecular complexity index is 919. The predicted octanol–water partition coefficient (Wildman–Crippen LogP) is 3.55. The molecule has 0 spiro atoms. The van der Waals surface area contributed by atoms with Crippen LogP contribution >= 0.6 is 11.3 Å². The number of rotatable bonds is 6. The number of pyridine rings is 1. The number of nitrogens with zero attached hydrogens (tertiary/aromatic N) is 1. The molecule has 3 aromatic rings. The first-order chi connectivity index (χ1) is 12.0. The van der Waals surface area contributed by atoms with Crippen molar-refractivity contribution in [3.63, 3.8) is 0 Å². The third kappa shape index (κ3) is 4.25. The number of aromatic nitrogens is 1. The van der Waals surface area contributed by atoms with Crippen molar-refractivity contribution in [1.82, 2.24) is 4.98 Å². The van der Waals surface area contributed by atoms with Crippen LogP contribution in [-0.2, 0) is 16.4 Å². The molecule has 3 rings (SSSR count). The fourth-order valence-corrected chi connectivity index (χ4v) is 3.76. The van der Waals surface area contributed by atoms with Crippen LogP contribution in [0.25, 0.3) is 0 Å². The van der Waals surface area contributed by atoms with Gasteiger partial charge in [0.15, 0.2) is 0 Å². The number of sulfonamides is 1. The first-order valence-corrected chi connectivity index (χ1v) is 10.3. The van der Waals surface area contributed by atoms with E-state index in [2.05, 4.69) is 47.6 Å². The fraction of sp³-hybridized carbons (Fsp3) is 0.167. The molecule has 0 unspecified atom stereocenters. The van der Waals surface area contributed by atoms with E-state index in [1.54, 1.807) is 17.4 Å². The summed E-state index contributed by atoms with van der Waals surface area (Å²) in [4.78, 5) is 5.34. The number of nitrogens with one attached hydrogen (secondary N) is 1. The van der Waals surface area contributed by atoms with Crippen LogP contribution in [0.3, 0.4) is 0 Å². The molecule has 0 aliphatic heterocycles. The van der Waals surface area contributed by atoms with Gasteiger partial charge < -0.3 is 5.32 Å². The Hall–Kier alpha value is -2.22. The number of hydrogen-bond donors (Lipinski definition) is 2. The van der Waals surface area contributed by atoms with E-state index in [1.807, 2.05) is 11.4 Å². The maximum absolute atomic E-state index is 11.4. The topological polar surface area (TPSA) is 85.1 Å². The van der Waals surface area contributed by atoms with E-state index in [4.69, 9.17) is 5.14 Å². The highest BCUT2D eigenvalue weighted by Gasteiger charge is 2.16. The monoisotopic (exact) mass is 373 g/mol. The van der Waals surface area contributed by atoms with Gasteiger partial charge in [-0.15, -0.1) is 11.3 Å². The van der Waals surface area contributed by atoms with Gasteiger partial charge in [0.2, 0.25) is 10.0 Å². The number of thiophene rings is 1. The van der Waals surface area contributed by atoms with E-state index >= 15 is 0 Å². The Morgan fingerprint density at radius 3 is 2.44 bits per heavy atom. The summed E-state index contributed by atoms with van der Waals surface area (Å²) in [6, 6.07) is 15.5. The average molecular weight is 374 g/mol. The second-order valence-electron chi connectivity index (χ2n) is 5.61. The summed E-state index contributed by atoms with van der Waals surface area (Å²) < 4.78 is 22.7. The molecule has 0 saturated carbocycles. The number of hydrogen-bond acceptors (Lipinski definition) is 5. The molecule has 3 N–H and O–H groups in total. The maximum atomic E-state index is 11.4. The van der Waals surface area contributed by atoms with Crippen molar-refractivity contribution in [3.05, 3.63) is 76.1 Å². The van der Waals surface area contributed by atoms with Gasteiger partial charge in [0.25, 0.3) is 0 Å². The first kappa shape index (κ1) is 17.6. The lowest BCUT2D eigenvalue weighted by atomic mass is 10.0. The van der Waals surface area contributed by atoms with Gasteiger partial charge >= 0.3 is 0 Å². The Labute approximate surface area is 151 Å². The SMILES string of the molecule is CCc1ccc([C@@H](Nc2ccc(S(N)(=O)=O)cn2)c2cccs2)cc1. The third-order valence-electron chi connectivity index (χ3n) is 3.91. The highest BCUT2D eigenvalue weighted by Crippen LogP contribution is 2.29. The minimum absolute atomic E-state index is 0.00183. The van der Waals surface area contributed by atoms with Crippen LogP contribution in [-0.4, -0.2) is 13.4 Å². The molecule has 2 aromatic heterocycles. The van der Waals surface area contributed by atoms with E-state index in [-0.39, 0.29) is 10.9 Å². The van der Waals surface area contributed by atoms with Crippen molar-refractivity contribution in [1.29, 1.82) is 0 Å². The second kappa shape index (κ2) is 7.35. The molecule has 1 aromatic carbocycles. The average Bonchev–Trinajstić information content (AvgIpc) is 3.14. The zero-order chi connectivity index (χ0) is 17.9. The largest absolute Gasteiger partial charge is 0.358 e. The molecule has 0 saturated heterocycles. The van der Waals surface area contributed by atoms with Crippen molar-refractivity contribution < 1.29 is 8.42 Å². The lowest BCUT2D eigenvalue weighted by molar-refractivity contribution is 0.597. The summed E-state index contributed by atoms with van der Waals surface area (Å²) in [5, 5.41) is 10.5. The zero-order valence-corrected chi connectivity index (χ0v) is 15.3. The number of anilines is 1. The van der Waals surface area contributed by atoms with Crippen LogP contribution in [0.4, 0.5) is 5.82 Å². The maximum Gasteiger partial charge on any atom is 0.239 e. The van der Waals surface area contributed by atoms with Gasteiger partial charge in [0.1, 0.15) is 10.7 Å². The highest BCUT2D eigenvalue weighted by molar-refractivity contribution is 7.89. The molecule has 7 heteroatoms. The van der Waals surface area contributed by atoms with E-state index in [9.17, 15) is 8.42 Å². The number of benzene rings is 1. The Balaban J connectivity index is 1.90. The lowest BCUT2D eigenvalue weighted by Gasteiger charge is -2.19. The number of nitrogens with two attached hydrogens (primary N) is 1. The normalized spacial score (nSPS) is 12.7. The Morgan fingerprint density at radius 2 is 1.92 bits per heavy atom. The molecule has 0 fully saturated rings. The van der Waals surface area contributed by atoms with Crippen LogP contribution < -0.4 is 10.5 Å². The standard InChI is InChI=1S/C18H19N3O2S2/c1-2-13-5-7-14(8-6-13)18(16-4-3-11-24-16)21-17-10-9-15(12-20-17)25(19,22)23/h3-12,18H,2H2,1H3,(H,20,21)(H2,19,22,23)/t18-/m1/s1. The van der Waals surface area contributed by atoms with Crippen molar-refractivity contribution in [3.8, 4) is 0 Å². The van der Waals surface area contributed by atoms with Crippen LogP contribution in [0.1, 0.15) is 29.0 Å². The second-order valence-corrected chi connectivity index (χ2v) is 8.15. The fourth-order valence-electron chi connectivity index (χ4n) is 2.50. The Kier molecular flexibility index (Phi) is 5.17. The van der Waals surface area contributed by atoms with Crippen molar-refractivity contribution in [2.45, 2.75) is 24.3 Å². The van der Waals surface area contributed by atoms with Gasteiger partial charge in [-0.25, -0.2) is 18.5 Å². The summed E-state index contributed by atoms with van der Waals surface area (Å²) in [7, 11) is -3.74. The summed E-state index contributed by atoms with van der Waals surface area (Å²) in [6.07, 6.45) is 2.26.